The first-order valence-corrected chi connectivity index (χ1v) is 5.63. The lowest BCUT2D eigenvalue weighted by atomic mass is 9.94. The monoisotopic (exact) mass is 248 g/mol. The molecule has 0 spiro atoms. The van der Waals surface area contributed by atoms with Gasteiger partial charge in [0.25, 0.3) is 0 Å². The summed E-state index contributed by atoms with van der Waals surface area (Å²) >= 11 is 3.38. The number of ether oxygens (including phenoxy) is 2. The Balaban J connectivity index is 2.57. The maximum absolute atomic E-state index is 5.70. The molecule has 1 aliphatic rings. The summed E-state index contributed by atoms with van der Waals surface area (Å²) in [5.74, 6) is -0.557. The molecule has 1 heterocycles. The van der Waals surface area contributed by atoms with Gasteiger partial charge in [-0.05, 0) is 6.08 Å². The highest BCUT2D eigenvalue weighted by Gasteiger charge is 2.37. The second-order valence-electron chi connectivity index (χ2n) is 4.20. The van der Waals surface area contributed by atoms with Crippen molar-refractivity contribution >= 4 is 15.9 Å². The van der Waals surface area contributed by atoms with Crippen molar-refractivity contribution in [2.24, 2.45) is 5.41 Å². The van der Waals surface area contributed by atoms with Gasteiger partial charge >= 0.3 is 0 Å². The molecule has 0 bridgehead atoms. The molecule has 0 N–H and O–H groups in total. The predicted octanol–water partition coefficient (Wildman–Crippen LogP) is 2.73. The minimum absolute atomic E-state index is 0.124. The van der Waals surface area contributed by atoms with Crippen molar-refractivity contribution in [2.75, 3.05) is 18.5 Å². The standard InChI is InChI=1S/C10H17BrO2/c1-4-10(5-6-11)12-7-9(2,3)8-13-10/h4H,1,5-8H2,2-3H3. The topological polar surface area (TPSA) is 18.5 Å². The van der Waals surface area contributed by atoms with Gasteiger partial charge < -0.3 is 9.47 Å². The van der Waals surface area contributed by atoms with E-state index >= 15 is 0 Å². The molecule has 1 rings (SSSR count). The first-order chi connectivity index (χ1) is 6.04. The Morgan fingerprint density at radius 2 is 1.92 bits per heavy atom. The van der Waals surface area contributed by atoms with Crippen LogP contribution in [0.3, 0.4) is 0 Å². The number of alkyl halides is 1. The zero-order valence-corrected chi connectivity index (χ0v) is 9.89. The lowest BCUT2D eigenvalue weighted by molar-refractivity contribution is -0.272. The molecule has 0 aromatic rings. The van der Waals surface area contributed by atoms with Crippen LogP contribution in [-0.4, -0.2) is 24.3 Å². The summed E-state index contributed by atoms with van der Waals surface area (Å²) in [6.45, 7) is 9.47. The molecule has 0 aromatic heterocycles. The van der Waals surface area contributed by atoms with Gasteiger partial charge in [-0.3, -0.25) is 0 Å². The first-order valence-electron chi connectivity index (χ1n) is 4.51. The van der Waals surface area contributed by atoms with Gasteiger partial charge in [-0.1, -0.05) is 36.4 Å². The first kappa shape index (κ1) is 11.2. The molecule has 0 aliphatic carbocycles. The third-order valence-electron chi connectivity index (χ3n) is 2.17. The summed E-state index contributed by atoms with van der Waals surface area (Å²) in [7, 11) is 0. The Kier molecular flexibility index (Phi) is 3.55. The van der Waals surface area contributed by atoms with E-state index in [4.69, 9.17) is 9.47 Å². The lowest BCUT2D eigenvalue weighted by Gasteiger charge is -2.41. The van der Waals surface area contributed by atoms with E-state index in [1.54, 1.807) is 6.08 Å². The van der Waals surface area contributed by atoms with Crippen molar-refractivity contribution in [3.8, 4) is 0 Å². The van der Waals surface area contributed by atoms with Crippen LogP contribution < -0.4 is 0 Å². The maximum atomic E-state index is 5.70. The van der Waals surface area contributed by atoms with Crippen molar-refractivity contribution in [1.82, 2.24) is 0 Å². The van der Waals surface area contributed by atoms with E-state index < -0.39 is 5.79 Å². The van der Waals surface area contributed by atoms with Crippen LogP contribution in [0.25, 0.3) is 0 Å². The predicted molar refractivity (Wildman–Crippen MR) is 57.0 cm³/mol. The molecule has 0 atom stereocenters. The van der Waals surface area contributed by atoms with Crippen LogP contribution in [0.5, 0.6) is 0 Å². The second-order valence-corrected chi connectivity index (χ2v) is 4.99. The van der Waals surface area contributed by atoms with Crippen LogP contribution in [0.4, 0.5) is 0 Å². The Labute approximate surface area is 88.4 Å². The number of hydrogen-bond acceptors (Lipinski definition) is 2. The van der Waals surface area contributed by atoms with Gasteiger partial charge in [0.2, 0.25) is 0 Å². The molecule has 0 aromatic carbocycles. The number of halogens is 1. The highest BCUT2D eigenvalue weighted by molar-refractivity contribution is 9.09. The number of hydrogen-bond donors (Lipinski definition) is 0. The molecule has 1 saturated heterocycles. The third-order valence-corrected chi connectivity index (χ3v) is 2.56. The molecule has 2 nitrogen and oxygen atoms in total. The fourth-order valence-corrected chi connectivity index (χ4v) is 1.77. The summed E-state index contributed by atoms with van der Waals surface area (Å²) in [5.41, 5.74) is 0.124. The molecule has 1 aliphatic heterocycles. The van der Waals surface area contributed by atoms with Gasteiger partial charge in [-0.15, -0.1) is 0 Å². The summed E-state index contributed by atoms with van der Waals surface area (Å²) in [6.07, 6.45) is 2.57. The summed E-state index contributed by atoms with van der Waals surface area (Å²) < 4.78 is 11.4. The van der Waals surface area contributed by atoms with Crippen LogP contribution >= 0.6 is 15.9 Å². The highest BCUT2D eigenvalue weighted by atomic mass is 79.9. The Bertz CT molecular complexity index is 179. The maximum Gasteiger partial charge on any atom is 0.188 e. The van der Waals surface area contributed by atoms with Crippen molar-refractivity contribution in [2.45, 2.75) is 26.1 Å². The van der Waals surface area contributed by atoms with Crippen LogP contribution in [0, 0.1) is 5.41 Å². The van der Waals surface area contributed by atoms with Crippen LogP contribution in [0.1, 0.15) is 20.3 Å². The van der Waals surface area contributed by atoms with E-state index in [9.17, 15) is 0 Å². The van der Waals surface area contributed by atoms with Gasteiger partial charge in [0.1, 0.15) is 0 Å². The minimum atomic E-state index is -0.557. The Morgan fingerprint density at radius 3 is 2.31 bits per heavy atom. The molecule has 13 heavy (non-hydrogen) atoms. The molecule has 0 unspecified atom stereocenters. The summed E-state index contributed by atoms with van der Waals surface area (Å²) in [6, 6.07) is 0. The average molecular weight is 249 g/mol. The lowest BCUT2D eigenvalue weighted by Crippen LogP contribution is -2.46. The van der Waals surface area contributed by atoms with E-state index in [0.29, 0.717) is 0 Å². The van der Waals surface area contributed by atoms with Gasteiger partial charge in [0.15, 0.2) is 5.79 Å². The molecule has 0 amide bonds. The van der Waals surface area contributed by atoms with E-state index in [2.05, 4.69) is 36.4 Å². The van der Waals surface area contributed by atoms with Crippen molar-refractivity contribution in [3.63, 3.8) is 0 Å². The highest BCUT2D eigenvalue weighted by Crippen LogP contribution is 2.32. The molecule has 0 radical (unpaired) electrons. The van der Waals surface area contributed by atoms with E-state index in [1.807, 2.05) is 0 Å². The van der Waals surface area contributed by atoms with Gasteiger partial charge in [-0.25, -0.2) is 0 Å². The zero-order chi connectivity index (χ0) is 9.95. The fourth-order valence-electron chi connectivity index (χ4n) is 1.21. The van der Waals surface area contributed by atoms with Crippen LogP contribution in [-0.2, 0) is 9.47 Å². The van der Waals surface area contributed by atoms with Crippen molar-refractivity contribution < 1.29 is 9.47 Å². The largest absolute Gasteiger partial charge is 0.346 e. The molecule has 0 saturated carbocycles. The Morgan fingerprint density at radius 1 is 1.38 bits per heavy atom. The van der Waals surface area contributed by atoms with Gasteiger partial charge in [0, 0.05) is 17.2 Å². The van der Waals surface area contributed by atoms with E-state index in [1.165, 1.54) is 0 Å². The fraction of sp³-hybridized carbons (Fsp3) is 0.800. The summed E-state index contributed by atoms with van der Waals surface area (Å²) in [5, 5.41) is 0.861. The van der Waals surface area contributed by atoms with Crippen molar-refractivity contribution in [3.05, 3.63) is 12.7 Å². The van der Waals surface area contributed by atoms with Crippen LogP contribution in [0.15, 0.2) is 12.7 Å². The number of rotatable bonds is 3. The smallest absolute Gasteiger partial charge is 0.188 e. The zero-order valence-electron chi connectivity index (χ0n) is 8.31. The van der Waals surface area contributed by atoms with E-state index in [-0.39, 0.29) is 5.41 Å². The third kappa shape index (κ3) is 2.79. The van der Waals surface area contributed by atoms with E-state index in [0.717, 1.165) is 25.0 Å². The van der Waals surface area contributed by atoms with Crippen molar-refractivity contribution in [1.29, 1.82) is 0 Å². The summed E-state index contributed by atoms with van der Waals surface area (Å²) in [4.78, 5) is 0. The van der Waals surface area contributed by atoms with Crippen LogP contribution in [0.2, 0.25) is 0 Å². The quantitative estimate of drug-likeness (QED) is 0.565. The minimum Gasteiger partial charge on any atom is -0.346 e. The normalized spacial score (nSPS) is 25.5. The second kappa shape index (κ2) is 4.11. The molecular weight excluding hydrogens is 232 g/mol. The SMILES string of the molecule is C=CC1(CCBr)OCC(C)(C)CO1. The molecule has 76 valence electrons. The average Bonchev–Trinajstić information content (AvgIpc) is 2.10. The molecule has 1 fully saturated rings. The van der Waals surface area contributed by atoms with Gasteiger partial charge in [-0.2, -0.15) is 0 Å². The Hall–Kier alpha value is 0.140. The van der Waals surface area contributed by atoms with Gasteiger partial charge in [0.05, 0.1) is 13.2 Å². The molecule has 3 heteroatoms. The molecular formula is C10H17BrO2.